The van der Waals surface area contributed by atoms with Gasteiger partial charge < -0.3 is 4.79 Å². The first kappa shape index (κ1) is 14.1. The number of hydrogen-bond donors (Lipinski definition) is 0. The zero-order valence-corrected chi connectivity index (χ0v) is 10.2. The van der Waals surface area contributed by atoms with Gasteiger partial charge in [-0.15, -0.1) is 11.8 Å². The van der Waals surface area contributed by atoms with Crippen LogP contribution < -0.4 is 0 Å². The molecule has 0 unspecified atom stereocenters. The highest BCUT2D eigenvalue weighted by Crippen LogP contribution is 2.30. The van der Waals surface area contributed by atoms with Gasteiger partial charge in [-0.3, -0.25) is 0 Å². The largest absolute Gasteiger partial charge is 0.416 e. The van der Waals surface area contributed by atoms with Crippen LogP contribution in [0.25, 0.3) is 0 Å². The molecular weight excluding hydrogens is 249 g/mol. The Morgan fingerprint density at radius 1 is 1.24 bits per heavy atom. The third-order valence-corrected chi connectivity index (χ3v) is 3.22. The van der Waals surface area contributed by atoms with Crippen molar-refractivity contribution in [3.05, 3.63) is 29.8 Å². The van der Waals surface area contributed by atoms with Crippen molar-refractivity contribution in [1.82, 2.24) is 0 Å². The van der Waals surface area contributed by atoms with Crippen molar-refractivity contribution in [1.29, 1.82) is 0 Å². The molecule has 0 aliphatic carbocycles. The number of thioether (sulfide) groups is 1. The number of ketones is 1. The first-order chi connectivity index (χ1) is 7.89. The predicted octanol–water partition coefficient (Wildman–Crippen LogP) is 4.17. The van der Waals surface area contributed by atoms with E-state index in [-0.39, 0.29) is 5.78 Å². The van der Waals surface area contributed by atoms with E-state index in [1.54, 1.807) is 0 Å². The van der Waals surface area contributed by atoms with Gasteiger partial charge in [-0.05, 0) is 43.4 Å². The van der Waals surface area contributed by atoms with Crippen molar-refractivity contribution in [3.63, 3.8) is 0 Å². The molecule has 0 fully saturated rings. The number of halogens is 3. The lowest BCUT2D eigenvalue weighted by Gasteiger charge is -2.07. The quantitative estimate of drug-likeness (QED) is 0.585. The lowest BCUT2D eigenvalue weighted by Crippen LogP contribution is -2.03. The fraction of sp³-hybridized carbons (Fsp3) is 0.417. The normalized spacial score (nSPS) is 11.5. The minimum absolute atomic E-state index is 0.137. The summed E-state index contributed by atoms with van der Waals surface area (Å²) < 4.78 is 36.8. The summed E-state index contributed by atoms with van der Waals surface area (Å²) >= 11 is 1.46. The van der Waals surface area contributed by atoms with Gasteiger partial charge in [0, 0.05) is 11.3 Å². The summed E-state index contributed by atoms with van der Waals surface area (Å²) in [5, 5.41) is 0. The SMILES string of the molecule is CC(=O)CCCSc1ccc(C(F)(F)F)cc1. The van der Waals surface area contributed by atoms with Gasteiger partial charge in [0.15, 0.2) is 0 Å². The Balaban J connectivity index is 2.43. The van der Waals surface area contributed by atoms with Crippen molar-refractivity contribution in [3.8, 4) is 0 Å². The molecule has 0 aliphatic rings. The first-order valence-corrected chi connectivity index (χ1v) is 6.17. The second-order valence-electron chi connectivity index (χ2n) is 3.68. The Morgan fingerprint density at radius 2 is 1.82 bits per heavy atom. The molecule has 0 heterocycles. The van der Waals surface area contributed by atoms with Crippen molar-refractivity contribution in [2.45, 2.75) is 30.8 Å². The minimum atomic E-state index is -4.28. The molecule has 1 aromatic rings. The van der Waals surface area contributed by atoms with Crippen LogP contribution in [0.5, 0.6) is 0 Å². The van der Waals surface area contributed by atoms with E-state index in [0.29, 0.717) is 6.42 Å². The number of Topliss-reactive ketones (excluding diaryl/α,β-unsaturated/α-hetero) is 1. The standard InChI is InChI=1S/C12H13F3OS/c1-9(16)3-2-8-17-11-6-4-10(5-7-11)12(13,14)15/h4-7H,2-3,8H2,1H3. The van der Waals surface area contributed by atoms with Gasteiger partial charge in [0.2, 0.25) is 0 Å². The van der Waals surface area contributed by atoms with E-state index in [2.05, 4.69) is 0 Å². The smallest absolute Gasteiger partial charge is 0.300 e. The highest BCUT2D eigenvalue weighted by atomic mass is 32.2. The zero-order valence-electron chi connectivity index (χ0n) is 9.38. The van der Waals surface area contributed by atoms with Gasteiger partial charge in [0.05, 0.1) is 5.56 Å². The van der Waals surface area contributed by atoms with E-state index in [1.165, 1.54) is 30.8 Å². The van der Waals surface area contributed by atoms with Crippen LogP contribution in [-0.4, -0.2) is 11.5 Å². The minimum Gasteiger partial charge on any atom is -0.300 e. The summed E-state index contributed by atoms with van der Waals surface area (Å²) in [5.41, 5.74) is -0.634. The Bertz CT molecular complexity index is 370. The molecule has 0 N–H and O–H groups in total. The number of carbonyl (C=O) groups is 1. The molecule has 5 heteroatoms. The highest BCUT2D eigenvalue weighted by molar-refractivity contribution is 7.99. The Labute approximate surface area is 102 Å². The van der Waals surface area contributed by atoms with Gasteiger partial charge in [-0.1, -0.05) is 0 Å². The molecule has 0 radical (unpaired) electrons. The maximum absolute atomic E-state index is 12.3. The fourth-order valence-corrected chi connectivity index (χ4v) is 2.10. The summed E-state index contributed by atoms with van der Waals surface area (Å²) in [7, 11) is 0. The monoisotopic (exact) mass is 262 g/mol. The number of rotatable bonds is 5. The molecule has 1 aromatic carbocycles. The number of hydrogen-bond acceptors (Lipinski definition) is 2. The Morgan fingerprint density at radius 3 is 2.29 bits per heavy atom. The lowest BCUT2D eigenvalue weighted by molar-refractivity contribution is -0.137. The van der Waals surface area contributed by atoms with Crippen LogP contribution in [0.3, 0.4) is 0 Å². The summed E-state index contributed by atoms with van der Waals surface area (Å²) in [5.74, 6) is 0.878. The number of carbonyl (C=O) groups excluding carboxylic acids is 1. The summed E-state index contributed by atoms with van der Waals surface area (Å²) in [6.45, 7) is 1.53. The van der Waals surface area contributed by atoms with E-state index in [1.807, 2.05) is 0 Å². The van der Waals surface area contributed by atoms with E-state index in [0.717, 1.165) is 29.2 Å². The molecule has 0 aliphatic heterocycles. The van der Waals surface area contributed by atoms with Crippen LogP contribution >= 0.6 is 11.8 Å². The number of alkyl halides is 3. The fourth-order valence-electron chi connectivity index (χ4n) is 1.25. The first-order valence-electron chi connectivity index (χ1n) is 5.19. The molecule has 0 aromatic heterocycles. The van der Waals surface area contributed by atoms with E-state index < -0.39 is 11.7 Å². The molecule has 0 spiro atoms. The molecule has 0 bridgehead atoms. The van der Waals surface area contributed by atoms with Crippen LogP contribution in [0.15, 0.2) is 29.2 Å². The van der Waals surface area contributed by atoms with Gasteiger partial charge >= 0.3 is 6.18 Å². The summed E-state index contributed by atoms with van der Waals surface area (Å²) in [6, 6.07) is 5.07. The molecule has 0 atom stereocenters. The maximum Gasteiger partial charge on any atom is 0.416 e. The van der Waals surface area contributed by atoms with Crippen molar-refractivity contribution < 1.29 is 18.0 Å². The Kier molecular flexibility index (Phi) is 5.05. The van der Waals surface area contributed by atoms with Gasteiger partial charge in [0.1, 0.15) is 5.78 Å². The molecule has 0 saturated heterocycles. The van der Waals surface area contributed by atoms with Crippen LogP contribution in [-0.2, 0) is 11.0 Å². The van der Waals surface area contributed by atoms with Crippen LogP contribution in [0, 0.1) is 0 Å². The second-order valence-corrected chi connectivity index (χ2v) is 4.84. The molecule has 17 heavy (non-hydrogen) atoms. The second kappa shape index (κ2) is 6.10. The van der Waals surface area contributed by atoms with Gasteiger partial charge in [-0.2, -0.15) is 13.2 Å². The van der Waals surface area contributed by atoms with Crippen molar-refractivity contribution >= 4 is 17.5 Å². The maximum atomic E-state index is 12.3. The van der Waals surface area contributed by atoms with E-state index in [4.69, 9.17) is 0 Å². The van der Waals surface area contributed by atoms with Crippen molar-refractivity contribution in [2.24, 2.45) is 0 Å². The third kappa shape index (κ3) is 5.26. The molecule has 94 valence electrons. The lowest BCUT2D eigenvalue weighted by atomic mass is 10.2. The predicted molar refractivity (Wildman–Crippen MR) is 62.1 cm³/mol. The van der Waals surface area contributed by atoms with E-state index in [9.17, 15) is 18.0 Å². The van der Waals surface area contributed by atoms with Gasteiger partial charge in [0.25, 0.3) is 0 Å². The van der Waals surface area contributed by atoms with E-state index >= 15 is 0 Å². The topological polar surface area (TPSA) is 17.1 Å². The molecular formula is C12H13F3OS. The third-order valence-electron chi connectivity index (χ3n) is 2.12. The molecule has 0 amide bonds. The molecule has 0 saturated carbocycles. The van der Waals surface area contributed by atoms with Crippen LogP contribution in [0.2, 0.25) is 0 Å². The average Bonchev–Trinajstić information content (AvgIpc) is 2.23. The number of benzene rings is 1. The molecule has 1 nitrogen and oxygen atoms in total. The van der Waals surface area contributed by atoms with Crippen LogP contribution in [0.4, 0.5) is 13.2 Å². The van der Waals surface area contributed by atoms with Crippen LogP contribution in [0.1, 0.15) is 25.3 Å². The summed E-state index contributed by atoms with van der Waals surface area (Å²) in [4.78, 5) is 11.5. The highest BCUT2D eigenvalue weighted by Gasteiger charge is 2.29. The molecule has 1 rings (SSSR count). The average molecular weight is 262 g/mol. The summed E-state index contributed by atoms with van der Waals surface area (Å²) in [6.07, 6.45) is -3.01. The van der Waals surface area contributed by atoms with Crippen molar-refractivity contribution in [2.75, 3.05) is 5.75 Å². The van der Waals surface area contributed by atoms with Gasteiger partial charge in [-0.25, -0.2) is 0 Å². The Hall–Kier alpha value is -0.970. The zero-order chi connectivity index (χ0) is 12.9.